The molecule has 5 nitrogen and oxygen atoms in total. The van der Waals surface area contributed by atoms with Crippen molar-refractivity contribution in [3.8, 4) is 0 Å². The second-order valence-electron chi connectivity index (χ2n) is 5.47. The van der Waals surface area contributed by atoms with E-state index in [1.807, 2.05) is 13.1 Å². The molecule has 0 amide bonds. The van der Waals surface area contributed by atoms with Crippen LogP contribution in [-0.2, 0) is 0 Å². The minimum Gasteiger partial charge on any atom is -0.357 e. The fraction of sp³-hybridized carbons (Fsp3) is 0.533. The summed E-state index contributed by atoms with van der Waals surface area (Å²) in [4.78, 5) is 15.5. The van der Waals surface area contributed by atoms with Crippen LogP contribution in [0, 0.1) is 5.92 Å². The summed E-state index contributed by atoms with van der Waals surface area (Å²) in [7, 11) is 2.04. The number of hydrogen-bond donors (Lipinski definition) is 1. The zero-order valence-electron chi connectivity index (χ0n) is 12.1. The highest BCUT2D eigenvalue weighted by atomic mass is 15.2. The monoisotopic (exact) mass is 271 g/mol. The van der Waals surface area contributed by atoms with Gasteiger partial charge in [0.05, 0.1) is 0 Å². The van der Waals surface area contributed by atoms with Crippen molar-refractivity contribution in [3.05, 3.63) is 24.5 Å². The number of pyridine rings is 1. The Bertz CT molecular complexity index is 577. The molecular formula is C15H21N5. The van der Waals surface area contributed by atoms with Gasteiger partial charge in [-0.15, -0.1) is 0 Å². The van der Waals surface area contributed by atoms with Gasteiger partial charge in [0, 0.05) is 31.5 Å². The number of fused-ring (bicyclic) bond motifs is 1. The maximum absolute atomic E-state index is 4.63. The molecule has 0 radical (unpaired) electrons. The van der Waals surface area contributed by atoms with Crippen molar-refractivity contribution < 1.29 is 0 Å². The molecule has 20 heavy (non-hydrogen) atoms. The van der Waals surface area contributed by atoms with Crippen LogP contribution in [0.1, 0.15) is 19.8 Å². The van der Waals surface area contributed by atoms with E-state index in [0.29, 0.717) is 6.04 Å². The fourth-order valence-electron chi connectivity index (χ4n) is 2.88. The highest BCUT2D eigenvalue weighted by molar-refractivity contribution is 5.71. The molecule has 3 rings (SSSR count). The summed E-state index contributed by atoms with van der Waals surface area (Å²) in [6.07, 6.45) is 5.82. The predicted octanol–water partition coefficient (Wildman–Crippen LogP) is 1.85. The van der Waals surface area contributed by atoms with E-state index in [1.165, 1.54) is 12.8 Å². The number of rotatable bonds is 3. The number of piperidine rings is 1. The highest BCUT2D eigenvalue weighted by Gasteiger charge is 2.23. The molecule has 106 valence electrons. The van der Waals surface area contributed by atoms with Crippen molar-refractivity contribution in [2.75, 3.05) is 25.0 Å². The Kier molecular flexibility index (Phi) is 3.78. The lowest BCUT2D eigenvalue weighted by molar-refractivity contribution is 0.323. The summed E-state index contributed by atoms with van der Waals surface area (Å²) in [5, 5.41) is 3.36. The molecule has 1 unspecified atom stereocenters. The van der Waals surface area contributed by atoms with Crippen molar-refractivity contribution in [3.63, 3.8) is 0 Å². The Labute approximate surface area is 119 Å². The van der Waals surface area contributed by atoms with Gasteiger partial charge in [-0.1, -0.05) is 0 Å². The van der Waals surface area contributed by atoms with E-state index in [9.17, 15) is 0 Å². The Morgan fingerprint density at radius 3 is 2.70 bits per heavy atom. The Morgan fingerprint density at radius 1 is 1.20 bits per heavy atom. The molecule has 0 bridgehead atoms. The first kappa shape index (κ1) is 13.2. The number of anilines is 1. The molecule has 2 aromatic rings. The Balaban J connectivity index is 1.73. The standard InChI is InChI=1S/C15H21N5/c1-11(16-2)12-5-9-20(10-6-12)14-4-3-13-15(19-14)18-8-7-17-13/h3-4,7-8,11-12,16H,5-6,9-10H2,1-2H3. The van der Waals surface area contributed by atoms with Gasteiger partial charge in [-0.3, -0.25) is 4.98 Å². The first-order valence-corrected chi connectivity index (χ1v) is 7.28. The van der Waals surface area contributed by atoms with Gasteiger partial charge in [0.2, 0.25) is 0 Å². The lowest BCUT2D eigenvalue weighted by atomic mass is 9.90. The van der Waals surface area contributed by atoms with Gasteiger partial charge in [0.25, 0.3) is 0 Å². The lowest BCUT2D eigenvalue weighted by Crippen LogP contribution is -2.41. The first-order valence-electron chi connectivity index (χ1n) is 7.28. The molecule has 0 aromatic carbocycles. The maximum atomic E-state index is 4.63. The van der Waals surface area contributed by atoms with Crippen molar-refractivity contribution in [1.82, 2.24) is 20.3 Å². The topological polar surface area (TPSA) is 53.9 Å². The van der Waals surface area contributed by atoms with E-state index in [-0.39, 0.29) is 0 Å². The van der Waals surface area contributed by atoms with E-state index >= 15 is 0 Å². The van der Waals surface area contributed by atoms with Crippen molar-refractivity contribution in [2.45, 2.75) is 25.8 Å². The van der Waals surface area contributed by atoms with Crippen LogP contribution in [0.5, 0.6) is 0 Å². The van der Waals surface area contributed by atoms with Crippen LogP contribution in [0.3, 0.4) is 0 Å². The average Bonchev–Trinajstić information content (AvgIpc) is 2.54. The van der Waals surface area contributed by atoms with Gasteiger partial charge in [0.15, 0.2) is 5.65 Å². The van der Waals surface area contributed by atoms with Gasteiger partial charge in [-0.25, -0.2) is 9.97 Å². The summed E-state index contributed by atoms with van der Waals surface area (Å²) in [6, 6.07) is 4.65. The zero-order chi connectivity index (χ0) is 13.9. The number of aromatic nitrogens is 3. The smallest absolute Gasteiger partial charge is 0.180 e. The van der Waals surface area contributed by atoms with Crippen LogP contribution < -0.4 is 10.2 Å². The molecular weight excluding hydrogens is 250 g/mol. The maximum Gasteiger partial charge on any atom is 0.180 e. The van der Waals surface area contributed by atoms with Crippen LogP contribution in [0.25, 0.3) is 11.2 Å². The predicted molar refractivity (Wildman–Crippen MR) is 80.8 cm³/mol. The normalized spacial score (nSPS) is 18.4. The molecule has 1 N–H and O–H groups in total. The molecule has 1 atom stereocenters. The van der Waals surface area contributed by atoms with Crippen LogP contribution in [-0.4, -0.2) is 41.1 Å². The van der Waals surface area contributed by atoms with Gasteiger partial charge in [-0.2, -0.15) is 0 Å². The molecule has 0 saturated carbocycles. The SMILES string of the molecule is CNC(C)C1CCN(c2ccc3nccnc3n2)CC1. The zero-order valence-corrected chi connectivity index (χ0v) is 12.1. The molecule has 1 aliphatic heterocycles. The summed E-state index contributed by atoms with van der Waals surface area (Å²) < 4.78 is 0. The third-order valence-electron chi connectivity index (χ3n) is 4.34. The van der Waals surface area contributed by atoms with Gasteiger partial charge in [0.1, 0.15) is 11.3 Å². The van der Waals surface area contributed by atoms with E-state index < -0.39 is 0 Å². The van der Waals surface area contributed by atoms with Gasteiger partial charge in [-0.05, 0) is 44.9 Å². The van der Waals surface area contributed by atoms with Crippen LogP contribution in [0.15, 0.2) is 24.5 Å². The van der Waals surface area contributed by atoms with Crippen LogP contribution in [0.2, 0.25) is 0 Å². The summed E-state index contributed by atoms with van der Waals surface area (Å²) >= 11 is 0. The molecule has 1 fully saturated rings. The molecule has 1 saturated heterocycles. The minimum atomic E-state index is 0.590. The second-order valence-corrected chi connectivity index (χ2v) is 5.47. The molecule has 1 aliphatic rings. The van der Waals surface area contributed by atoms with E-state index in [4.69, 9.17) is 0 Å². The summed E-state index contributed by atoms with van der Waals surface area (Å²) in [5.41, 5.74) is 1.59. The van der Waals surface area contributed by atoms with E-state index in [2.05, 4.69) is 38.2 Å². The van der Waals surface area contributed by atoms with Gasteiger partial charge >= 0.3 is 0 Å². The highest BCUT2D eigenvalue weighted by Crippen LogP contribution is 2.24. The van der Waals surface area contributed by atoms with Crippen molar-refractivity contribution in [1.29, 1.82) is 0 Å². The number of hydrogen-bond acceptors (Lipinski definition) is 5. The fourth-order valence-corrected chi connectivity index (χ4v) is 2.88. The van der Waals surface area contributed by atoms with Crippen LogP contribution >= 0.6 is 0 Å². The third kappa shape index (κ3) is 2.58. The summed E-state index contributed by atoms with van der Waals surface area (Å²) in [5.74, 6) is 1.78. The molecule has 2 aromatic heterocycles. The molecule has 5 heteroatoms. The number of nitrogens with zero attached hydrogens (tertiary/aromatic N) is 4. The summed E-state index contributed by atoms with van der Waals surface area (Å²) in [6.45, 7) is 4.40. The molecule has 0 spiro atoms. The third-order valence-corrected chi connectivity index (χ3v) is 4.34. The Hall–Kier alpha value is -1.75. The minimum absolute atomic E-state index is 0.590. The van der Waals surface area contributed by atoms with E-state index in [1.54, 1.807) is 12.4 Å². The Morgan fingerprint density at radius 2 is 1.95 bits per heavy atom. The molecule has 3 heterocycles. The quantitative estimate of drug-likeness (QED) is 0.923. The number of nitrogens with one attached hydrogen (secondary N) is 1. The van der Waals surface area contributed by atoms with Crippen LogP contribution in [0.4, 0.5) is 5.82 Å². The van der Waals surface area contributed by atoms with E-state index in [0.717, 1.165) is 36.0 Å². The average molecular weight is 271 g/mol. The van der Waals surface area contributed by atoms with Crippen molar-refractivity contribution in [2.24, 2.45) is 5.92 Å². The van der Waals surface area contributed by atoms with Crippen molar-refractivity contribution >= 4 is 17.0 Å². The second kappa shape index (κ2) is 5.71. The molecule has 0 aliphatic carbocycles. The first-order chi connectivity index (χ1) is 9.78. The lowest BCUT2D eigenvalue weighted by Gasteiger charge is -2.35. The van der Waals surface area contributed by atoms with Gasteiger partial charge < -0.3 is 10.2 Å². The largest absolute Gasteiger partial charge is 0.357 e.